The van der Waals surface area contributed by atoms with Crippen LogP contribution in [0.3, 0.4) is 0 Å². The number of phosphoric acid groups is 3. The van der Waals surface area contributed by atoms with Crippen molar-refractivity contribution >= 4 is 40.6 Å². The van der Waals surface area contributed by atoms with Gasteiger partial charge in [0.1, 0.15) is 11.6 Å². The first kappa shape index (κ1) is 27.4. The summed E-state index contributed by atoms with van der Waals surface area (Å²) in [6.45, 7) is 0.190. The largest absolute Gasteiger partial charge is 0.490 e. The Morgan fingerprint density at radius 1 is 1.31 bits per heavy atom. The topological polar surface area (TPSA) is 328 Å². The van der Waals surface area contributed by atoms with E-state index in [2.05, 4.69) is 38.1 Å². The molecule has 35 heavy (non-hydrogen) atoms. The fourth-order valence-electron chi connectivity index (χ4n) is 3.17. The Morgan fingerprint density at radius 2 is 1.97 bits per heavy atom. The molecule has 8 N–H and O–H groups in total. The lowest BCUT2D eigenvalue weighted by Gasteiger charge is -2.28. The number of rotatable bonds is 9. The smallest absolute Gasteiger partial charge is 0.389 e. The van der Waals surface area contributed by atoms with Gasteiger partial charge in [0, 0.05) is 4.91 Å². The van der Waals surface area contributed by atoms with E-state index < -0.39 is 59.6 Å². The molecule has 2 aromatic rings. The molecule has 6 atom stereocenters. The fourth-order valence-corrected chi connectivity index (χ4v) is 6.20. The molecular formula is C11H17N8O13P3. The molecule has 194 valence electrons. The Hall–Kier alpha value is -2.21. The normalized spacial score (nSPS) is 28.3. The minimum atomic E-state index is -5.77. The number of aromatic amines is 1. The lowest BCUT2D eigenvalue weighted by molar-refractivity contribution is -0.0446. The molecule has 0 spiro atoms. The predicted octanol–water partition coefficient (Wildman–Crippen LogP) is -0.628. The molecule has 0 aliphatic carbocycles. The molecule has 24 heteroatoms. The third kappa shape index (κ3) is 5.96. The highest BCUT2D eigenvalue weighted by atomic mass is 31.3. The van der Waals surface area contributed by atoms with E-state index in [0.29, 0.717) is 0 Å². The van der Waals surface area contributed by atoms with Crippen molar-refractivity contribution in [3.8, 4) is 0 Å². The van der Waals surface area contributed by atoms with Crippen LogP contribution in [0.4, 0.5) is 5.95 Å². The number of nitrogens with two attached hydrogens (primary N) is 1. The van der Waals surface area contributed by atoms with Crippen molar-refractivity contribution in [1.29, 1.82) is 0 Å². The van der Waals surface area contributed by atoms with Crippen molar-refractivity contribution in [2.45, 2.75) is 30.9 Å². The molecule has 2 unspecified atom stereocenters. The summed E-state index contributed by atoms with van der Waals surface area (Å²) in [6, 6.07) is 0. The molecule has 0 bridgehead atoms. The third-order valence-corrected chi connectivity index (χ3v) is 8.34. The highest BCUT2D eigenvalue weighted by Crippen LogP contribution is 2.66. The summed E-state index contributed by atoms with van der Waals surface area (Å²) in [5.41, 5.74) is 11.7. The molecule has 1 fully saturated rings. The first-order valence-corrected chi connectivity index (χ1v) is 13.4. The first-order valence-electron chi connectivity index (χ1n) is 8.88. The van der Waals surface area contributed by atoms with Crippen molar-refractivity contribution < 1.29 is 56.3 Å². The number of hydrogen-bond acceptors (Lipinski definition) is 13. The number of azide groups is 1. The maximum atomic E-state index is 12.0. The number of nitrogen functional groups attached to an aromatic ring is 1. The van der Waals surface area contributed by atoms with Crippen LogP contribution < -0.4 is 11.3 Å². The third-order valence-electron chi connectivity index (χ3n) is 4.54. The summed E-state index contributed by atoms with van der Waals surface area (Å²) in [5.74, 6) is -0.294. The Kier molecular flexibility index (Phi) is 7.31. The van der Waals surface area contributed by atoms with Crippen LogP contribution in [-0.2, 0) is 31.6 Å². The number of hydrogen-bond donors (Lipinski definition) is 7. The number of ether oxygens (including phenoxy) is 1. The van der Waals surface area contributed by atoms with Gasteiger partial charge in [0.2, 0.25) is 5.95 Å². The van der Waals surface area contributed by atoms with Crippen LogP contribution in [0.15, 0.2) is 16.2 Å². The van der Waals surface area contributed by atoms with Crippen LogP contribution in [0.1, 0.15) is 13.2 Å². The highest BCUT2D eigenvalue weighted by Gasteiger charge is 2.55. The summed E-state index contributed by atoms with van der Waals surface area (Å²) in [5, 5.41) is 14.2. The van der Waals surface area contributed by atoms with Crippen LogP contribution in [0.5, 0.6) is 0 Å². The highest BCUT2D eigenvalue weighted by molar-refractivity contribution is 7.66. The molecule has 0 radical (unpaired) electrons. The Bertz CT molecular complexity index is 1380. The predicted molar refractivity (Wildman–Crippen MR) is 110 cm³/mol. The molecule has 1 saturated heterocycles. The van der Waals surface area contributed by atoms with Gasteiger partial charge >= 0.3 is 23.5 Å². The maximum Gasteiger partial charge on any atom is 0.490 e. The molecule has 1 aliphatic heterocycles. The van der Waals surface area contributed by atoms with Crippen molar-refractivity contribution in [2.24, 2.45) is 5.11 Å². The average molecular weight is 562 g/mol. The Morgan fingerprint density at radius 3 is 2.57 bits per heavy atom. The van der Waals surface area contributed by atoms with Crippen molar-refractivity contribution in [1.82, 2.24) is 19.5 Å². The SMILES string of the molecule is C[C@@]1(N=[N+]=[N-])[C@H](O)[C@@H](COP(=O)(O)OP(=O)(O)OP(=O)(O)O)O[C@H]1n1cnc2c(=O)[nH]c(N)nc21. The molecule has 2 aromatic heterocycles. The van der Waals surface area contributed by atoms with Gasteiger partial charge in [-0.05, 0) is 12.5 Å². The van der Waals surface area contributed by atoms with E-state index in [-0.39, 0.29) is 17.1 Å². The van der Waals surface area contributed by atoms with Gasteiger partial charge in [-0.25, -0.2) is 18.7 Å². The zero-order chi connectivity index (χ0) is 26.4. The standard InChI is InChI=1S/C11H17N8O13P3/c1-11(17-18-13)6(20)4(2-29-34(25,26)32-35(27,28)31-33(22,23)24)30-9(11)19-3-14-5-7(19)15-10(12)16-8(5)21/h3-4,6,9,20H,2H2,1H3,(H,25,26)(H,27,28)(H2,22,23,24)(H3,12,15,16,21)/t4-,6-,9-,11-/m1/s1. The zero-order valence-electron chi connectivity index (χ0n) is 17.1. The van der Waals surface area contributed by atoms with E-state index in [0.717, 1.165) is 10.9 Å². The van der Waals surface area contributed by atoms with Crippen molar-refractivity contribution in [3.63, 3.8) is 0 Å². The second kappa shape index (κ2) is 9.34. The first-order chi connectivity index (χ1) is 16.0. The molecule has 3 heterocycles. The molecule has 21 nitrogen and oxygen atoms in total. The Labute approximate surface area is 192 Å². The number of aliphatic hydroxyl groups is 1. The summed E-state index contributed by atoms with van der Waals surface area (Å²) in [6.07, 6.45) is -3.69. The summed E-state index contributed by atoms with van der Waals surface area (Å²) < 4.78 is 52.5. The second-order valence-electron chi connectivity index (χ2n) is 7.05. The van der Waals surface area contributed by atoms with E-state index in [1.165, 1.54) is 6.92 Å². The van der Waals surface area contributed by atoms with Crippen LogP contribution in [0.2, 0.25) is 0 Å². The number of aromatic nitrogens is 4. The number of anilines is 1. The van der Waals surface area contributed by atoms with Crippen LogP contribution in [0.25, 0.3) is 21.6 Å². The molecule has 0 aromatic carbocycles. The van der Waals surface area contributed by atoms with E-state index in [1.807, 2.05) is 0 Å². The number of phosphoric ester groups is 1. The number of imidazole rings is 1. The minimum Gasteiger partial charge on any atom is -0.389 e. The maximum absolute atomic E-state index is 12.0. The minimum absolute atomic E-state index is 0.128. The lowest BCUT2D eigenvalue weighted by Crippen LogP contribution is -2.42. The van der Waals surface area contributed by atoms with Gasteiger partial charge in [0.15, 0.2) is 17.4 Å². The molecule has 0 amide bonds. The van der Waals surface area contributed by atoms with Gasteiger partial charge in [0.25, 0.3) is 5.56 Å². The molecule has 3 rings (SSSR count). The van der Waals surface area contributed by atoms with E-state index in [9.17, 15) is 33.4 Å². The van der Waals surface area contributed by atoms with Crippen LogP contribution in [-0.4, -0.2) is 68.6 Å². The molecular weight excluding hydrogens is 545 g/mol. The Balaban J connectivity index is 1.87. The van der Waals surface area contributed by atoms with E-state index in [4.69, 9.17) is 25.8 Å². The fraction of sp³-hybridized carbons (Fsp3) is 0.545. The number of fused-ring (bicyclic) bond motifs is 1. The second-order valence-corrected chi connectivity index (χ2v) is 11.5. The van der Waals surface area contributed by atoms with E-state index >= 15 is 0 Å². The van der Waals surface area contributed by atoms with Gasteiger partial charge in [-0.2, -0.15) is 13.6 Å². The van der Waals surface area contributed by atoms with Gasteiger partial charge in [-0.15, -0.1) is 0 Å². The molecule has 1 aliphatic rings. The van der Waals surface area contributed by atoms with Gasteiger partial charge < -0.3 is 35.2 Å². The van der Waals surface area contributed by atoms with Gasteiger partial charge in [0.05, 0.1) is 19.0 Å². The van der Waals surface area contributed by atoms with Crippen LogP contribution >= 0.6 is 23.5 Å². The number of H-pyrrole nitrogens is 1. The average Bonchev–Trinajstić information content (AvgIpc) is 3.17. The van der Waals surface area contributed by atoms with Crippen LogP contribution in [0, 0.1) is 0 Å². The zero-order valence-corrected chi connectivity index (χ0v) is 19.8. The summed E-state index contributed by atoms with van der Waals surface area (Å²) in [7, 11) is -16.9. The van der Waals surface area contributed by atoms with Crippen molar-refractivity contribution in [3.05, 3.63) is 27.1 Å². The summed E-state index contributed by atoms with van der Waals surface area (Å²) in [4.78, 5) is 60.6. The quantitative estimate of drug-likeness (QED) is 0.0865. The van der Waals surface area contributed by atoms with Gasteiger partial charge in [-0.1, -0.05) is 5.11 Å². The van der Waals surface area contributed by atoms with Crippen molar-refractivity contribution in [2.75, 3.05) is 12.3 Å². The number of aliphatic hydroxyl groups excluding tert-OH is 1. The number of nitrogens with one attached hydrogen (secondary N) is 1. The van der Waals surface area contributed by atoms with Gasteiger partial charge in [-0.3, -0.25) is 18.9 Å². The van der Waals surface area contributed by atoms with E-state index in [1.54, 1.807) is 0 Å². The number of nitrogens with zero attached hydrogens (tertiary/aromatic N) is 6. The lowest BCUT2D eigenvalue weighted by atomic mass is 9.93. The molecule has 0 saturated carbocycles. The summed E-state index contributed by atoms with van der Waals surface area (Å²) >= 11 is 0. The monoisotopic (exact) mass is 562 g/mol.